The Hall–Kier alpha value is -1.56. The van der Waals surface area contributed by atoms with Crippen molar-refractivity contribution < 1.29 is 14.7 Å². The average molecular weight is 341 g/mol. The fourth-order valence-corrected chi connectivity index (χ4v) is 2.61. The summed E-state index contributed by atoms with van der Waals surface area (Å²) in [5.74, 6) is -0.482. The fourth-order valence-electron chi connectivity index (χ4n) is 2.20. The zero-order chi connectivity index (χ0) is 14.7. The van der Waals surface area contributed by atoms with Crippen molar-refractivity contribution in [1.29, 1.82) is 0 Å². The van der Waals surface area contributed by atoms with E-state index in [-0.39, 0.29) is 17.6 Å². The van der Waals surface area contributed by atoms with Crippen LogP contribution in [0.4, 0.5) is 10.5 Å². The molecule has 1 unspecified atom stereocenters. The van der Waals surface area contributed by atoms with Gasteiger partial charge in [-0.3, -0.25) is 0 Å². The molecule has 5 nitrogen and oxygen atoms in total. The highest BCUT2D eigenvalue weighted by Gasteiger charge is 2.25. The number of halogens is 1. The predicted octanol–water partition coefficient (Wildman–Crippen LogP) is 3.46. The summed E-state index contributed by atoms with van der Waals surface area (Å²) >= 11 is 3.16. The number of carboxylic acids is 1. The molecule has 0 radical (unpaired) electrons. The second-order valence-corrected chi connectivity index (χ2v) is 5.93. The third kappa shape index (κ3) is 3.50. The van der Waals surface area contributed by atoms with E-state index < -0.39 is 5.97 Å². The monoisotopic (exact) mass is 340 g/mol. The van der Waals surface area contributed by atoms with Gasteiger partial charge in [0.05, 0.1) is 5.56 Å². The molecular formula is C14H17BrN2O3. The van der Waals surface area contributed by atoms with Crippen LogP contribution in [0.15, 0.2) is 22.7 Å². The van der Waals surface area contributed by atoms with Crippen LogP contribution >= 0.6 is 15.9 Å². The maximum Gasteiger partial charge on any atom is 0.336 e. The fraction of sp³-hybridized carbons (Fsp3) is 0.429. The highest BCUT2D eigenvalue weighted by molar-refractivity contribution is 9.10. The van der Waals surface area contributed by atoms with Crippen LogP contribution in [-0.4, -0.2) is 23.1 Å². The Morgan fingerprint density at radius 1 is 1.40 bits per heavy atom. The molecule has 0 aliphatic heterocycles. The van der Waals surface area contributed by atoms with Crippen LogP contribution in [0.2, 0.25) is 0 Å². The number of benzene rings is 1. The number of rotatable bonds is 4. The van der Waals surface area contributed by atoms with E-state index in [9.17, 15) is 9.59 Å². The molecule has 1 aromatic carbocycles. The van der Waals surface area contributed by atoms with E-state index >= 15 is 0 Å². The van der Waals surface area contributed by atoms with Crippen molar-refractivity contribution in [2.45, 2.75) is 32.2 Å². The number of aromatic carboxylic acids is 1. The molecule has 3 N–H and O–H groups in total. The number of hydrogen-bond donors (Lipinski definition) is 3. The minimum atomic E-state index is -1.04. The van der Waals surface area contributed by atoms with Crippen molar-refractivity contribution in [3.05, 3.63) is 28.2 Å². The molecule has 20 heavy (non-hydrogen) atoms. The van der Waals surface area contributed by atoms with Gasteiger partial charge in [-0.2, -0.15) is 0 Å². The molecule has 0 aromatic heterocycles. The molecule has 1 aromatic rings. The Morgan fingerprint density at radius 3 is 2.65 bits per heavy atom. The molecule has 1 aliphatic carbocycles. The first kappa shape index (κ1) is 14.8. The summed E-state index contributed by atoms with van der Waals surface area (Å²) in [6.07, 6.45) is 3.54. The molecule has 0 spiro atoms. The number of amides is 2. The molecule has 0 heterocycles. The van der Waals surface area contributed by atoms with Crippen molar-refractivity contribution in [2.24, 2.45) is 5.92 Å². The van der Waals surface area contributed by atoms with Crippen LogP contribution in [-0.2, 0) is 0 Å². The number of urea groups is 1. The van der Waals surface area contributed by atoms with Crippen LogP contribution < -0.4 is 10.6 Å². The van der Waals surface area contributed by atoms with Gasteiger partial charge in [0, 0.05) is 16.2 Å². The summed E-state index contributed by atoms with van der Waals surface area (Å²) in [4.78, 5) is 22.9. The summed E-state index contributed by atoms with van der Waals surface area (Å²) < 4.78 is 0.485. The average Bonchev–Trinajstić information content (AvgIpc) is 2.28. The predicted molar refractivity (Wildman–Crippen MR) is 80.1 cm³/mol. The molecule has 1 atom stereocenters. The molecular weight excluding hydrogens is 324 g/mol. The molecule has 6 heteroatoms. The van der Waals surface area contributed by atoms with Crippen LogP contribution in [0.25, 0.3) is 0 Å². The summed E-state index contributed by atoms with van der Waals surface area (Å²) in [7, 11) is 0. The molecule has 1 fully saturated rings. The van der Waals surface area contributed by atoms with Crippen molar-refractivity contribution in [2.75, 3.05) is 5.32 Å². The van der Waals surface area contributed by atoms with Gasteiger partial charge in [0.1, 0.15) is 0 Å². The molecule has 2 rings (SSSR count). The maximum atomic E-state index is 11.9. The lowest BCUT2D eigenvalue weighted by atomic mass is 9.80. The van der Waals surface area contributed by atoms with Crippen LogP contribution in [0, 0.1) is 5.92 Å². The van der Waals surface area contributed by atoms with E-state index in [0.717, 1.165) is 12.8 Å². The van der Waals surface area contributed by atoms with E-state index in [1.54, 1.807) is 12.1 Å². The van der Waals surface area contributed by atoms with Gasteiger partial charge in [-0.1, -0.05) is 6.42 Å². The van der Waals surface area contributed by atoms with Gasteiger partial charge < -0.3 is 15.7 Å². The lowest BCUT2D eigenvalue weighted by molar-refractivity contribution is 0.0696. The number of carbonyl (C=O) groups is 2. The zero-order valence-corrected chi connectivity index (χ0v) is 12.7. The summed E-state index contributed by atoms with van der Waals surface area (Å²) in [6.45, 7) is 1.99. The van der Waals surface area contributed by atoms with Crippen molar-refractivity contribution in [3.8, 4) is 0 Å². The van der Waals surface area contributed by atoms with Gasteiger partial charge in [0.2, 0.25) is 0 Å². The van der Waals surface area contributed by atoms with E-state index in [0.29, 0.717) is 16.1 Å². The first-order valence-corrected chi connectivity index (χ1v) is 7.37. The zero-order valence-electron chi connectivity index (χ0n) is 11.1. The SMILES string of the molecule is CC(NC(=O)Nc1ccc(Br)c(C(=O)O)c1)C1CCC1. The molecule has 108 valence electrons. The Bertz CT molecular complexity index is 529. The molecule has 1 aliphatic rings. The smallest absolute Gasteiger partial charge is 0.336 e. The highest BCUT2D eigenvalue weighted by Crippen LogP contribution is 2.29. The largest absolute Gasteiger partial charge is 0.478 e. The third-order valence-electron chi connectivity index (χ3n) is 3.67. The van der Waals surface area contributed by atoms with Crippen LogP contribution in [0.3, 0.4) is 0 Å². The number of hydrogen-bond acceptors (Lipinski definition) is 2. The van der Waals surface area contributed by atoms with Gasteiger partial charge in [0.25, 0.3) is 0 Å². The quantitative estimate of drug-likeness (QED) is 0.785. The van der Waals surface area contributed by atoms with Gasteiger partial charge in [-0.25, -0.2) is 9.59 Å². The van der Waals surface area contributed by atoms with Crippen molar-refractivity contribution in [1.82, 2.24) is 5.32 Å². The van der Waals surface area contributed by atoms with Gasteiger partial charge >= 0.3 is 12.0 Å². The Kier molecular flexibility index (Phi) is 4.65. The van der Waals surface area contributed by atoms with Gasteiger partial charge in [0.15, 0.2) is 0 Å². The Labute approximate surface area is 125 Å². The molecule has 1 saturated carbocycles. The minimum absolute atomic E-state index is 0.120. The lowest BCUT2D eigenvalue weighted by Crippen LogP contribution is -2.42. The maximum absolute atomic E-state index is 11.9. The normalized spacial score (nSPS) is 16.1. The molecule has 0 saturated heterocycles. The second-order valence-electron chi connectivity index (χ2n) is 5.08. The summed E-state index contributed by atoms with van der Waals surface area (Å²) in [5.41, 5.74) is 0.582. The molecule has 0 bridgehead atoms. The van der Waals surface area contributed by atoms with E-state index in [1.807, 2.05) is 6.92 Å². The van der Waals surface area contributed by atoms with Gasteiger partial charge in [-0.05, 0) is 59.8 Å². The van der Waals surface area contributed by atoms with Crippen molar-refractivity contribution >= 4 is 33.6 Å². The van der Waals surface area contributed by atoms with E-state index in [1.165, 1.54) is 12.5 Å². The van der Waals surface area contributed by atoms with E-state index in [2.05, 4.69) is 26.6 Å². The highest BCUT2D eigenvalue weighted by atomic mass is 79.9. The minimum Gasteiger partial charge on any atom is -0.478 e. The molecule has 2 amide bonds. The topological polar surface area (TPSA) is 78.4 Å². The Morgan fingerprint density at radius 2 is 2.10 bits per heavy atom. The van der Waals surface area contributed by atoms with Crippen molar-refractivity contribution in [3.63, 3.8) is 0 Å². The first-order chi connectivity index (χ1) is 9.47. The number of carboxylic acid groups (broad SMARTS) is 1. The first-order valence-electron chi connectivity index (χ1n) is 6.57. The number of anilines is 1. The summed E-state index contributed by atoms with van der Waals surface area (Å²) in [5, 5.41) is 14.6. The lowest BCUT2D eigenvalue weighted by Gasteiger charge is -2.31. The van der Waals surface area contributed by atoms with Crippen LogP contribution in [0.5, 0.6) is 0 Å². The van der Waals surface area contributed by atoms with E-state index in [4.69, 9.17) is 5.11 Å². The number of carbonyl (C=O) groups excluding carboxylic acids is 1. The van der Waals surface area contributed by atoms with Crippen LogP contribution in [0.1, 0.15) is 36.5 Å². The summed E-state index contributed by atoms with van der Waals surface area (Å²) in [6, 6.07) is 4.53. The Balaban J connectivity index is 1.96. The van der Waals surface area contributed by atoms with Gasteiger partial charge in [-0.15, -0.1) is 0 Å². The second kappa shape index (κ2) is 6.26. The number of nitrogens with one attached hydrogen (secondary N) is 2. The standard InChI is InChI=1S/C14H17BrN2O3/c1-8(9-3-2-4-9)16-14(20)17-10-5-6-12(15)11(7-10)13(18)19/h5-9H,2-4H2,1H3,(H,18,19)(H2,16,17,20). The third-order valence-corrected chi connectivity index (χ3v) is 4.36.